The van der Waals surface area contributed by atoms with E-state index < -0.39 is 0 Å². The molecule has 0 radical (unpaired) electrons. The van der Waals surface area contributed by atoms with E-state index >= 15 is 0 Å². The lowest BCUT2D eigenvalue weighted by Crippen LogP contribution is -1.78. The molecule has 1 aromatic heterocycles. The van der Waals surface area contributed by atoms with E-state index in [4.69, 9.17) is 0 Å². The van der Waals surface area contributed by atoms with Gasteiger partial charge in [-0.2, -0.15) is 0 Å². The largest absolute Gasteiger partial charge is 0.244 e. The summed E-state index contributed by atoms with van der Waals surface area (Å²) in [6, 6.07) is 0. The summed E-state index contributed by atoms with van der Waals surface area (Å²) >= 11 is 0. The molecule has 1 rings (SSSR count). The summed E-state index contributed by atoms with van der Waals surface area (Å²) in [4.78, 5) is 7.70. The molecule has 0 bridgehead atoms. The van der Waals surface area contributed by atoms with Crippen molar-refractivity contribution in [2.24, 2.45) is 0 Å². The van der Waals surface area contributed by atoms with Gasteiger partial charge in [0.05, 0.1) is 5.56 Å². The molecule has 0 aromatic carbocycles. The van der Waals surface area contributed by atoms with Crippen LogP contribution in [-0.2, 0) is 0 Å². The Labute approximate surface area is 66.7 Å². The first-order valence-electron chi connectivity index (χ1n) is 3.67. The maximum absolute atomic E-state index is 3.85. The summed E-state index contributed by atoms with van der Waals surface area (Å²) in [6.45, 7) is 2.11. The van der Waals surface area contributed by atoms with Gasteiger partial charge in [-0.1, -0.05) is 18.8 Å². The fourth-order valence-electron chi connectivity index (χ4n) is 0.653. The molecular formula is C9H10N2. The van der Waals surface area contributed by atoms with Gasteiger partial charge in [0.2, 0.25) is 0 Å². The molecule has 11 heavy (non-hydrogen) atoms. The molecule has 0 amide bonds. The molecule has 0 saturated heterocycles. The minimum absolute atomic E-state index is 0.890. The molecule has 0 atom stereocenters. The smallest absolute Gasteiger partial charge is 0.115 e. The maximum atomic E-state index is 3.85. The molecule has 0 aliphatic rings. The monoisotopic (exact) mass is 146 g/mol. The summed E-state index contributed by atoms with van der Waals surface area (Å²) in [7, 11) is 0. The van der Waals surface area contributed by atoms with E-state index in [-0.39, 0.29) is 0 Å². The topological polar surface area (TPSA) is 25.8 Å². The van der Waals surface area contributed by atoms with Crippen LogP contribution < -0.4 is 0 Å². The number of unbranched alkanes of at least 4 members (excludes halogenated alkanes) is 1. The van der Waals surface area contributed by atoms with Gasteiger partial charge in [-0.15, -0.1) is 0 Å². The van der Waals surface area contributed by atoms with Crippen LogP contribution in [0.5, 0.6) is 0 Å². The second-order valence-electron chi connectivity index (χ2n) is 2.18. The molecule has 0 fully saturated rings. The Kier molecular flexibility index (Phi) is 3.14. The lowest BCUT2D eigenvalue weighted by molar-refractivity contribution is 0.983. The Hall–Kier alpha value is -1.36. The summed E-state index contributed by atoms with van der Waals surface area (Å²) < 4.78 is 0. The highest BCUT2D eigenvalue weighted by Crippen LogP contribution is 1.89. The van der Waals surface area contributed by atoms with Gasteiger partial charge >= 0.3 is 0 Å². The van der Waals surface area contributed by atoms with Crippen molar-refractivity contribution in [2.75, 3.05) is 0 Å². The molecule has 2 heteroatoms. The minimum atomic E-state index is 0.890. The van der Waals surface area contributed by atoms with Crippen LogP contribution in [0.3, 0.4) is 0 Å². The van der Waals surface area contributed by atoms with Gasteiger partial charge < -0.3 is 0 Å². The predicted octanol–water partition coefficient (Wildman–Crippen LogP) is 1.63. The van der Waals surface area contributed by atoms with Crippen molar-refractivity contribution in [2.45, 2.75) is 19.8 Å². The minimum Gasteiger partial charge on any atom is -0.244 e. The molecular weight excluding hydrogens is 136 g/mol. The van der Waals surface area contributed by atoms with Gasteiger partial charge in [0, 0.05) is 18.8 Å². The Balaban J connectivity index is 2.59. The molecule has 2 nitrogen and oxygen atoms in total. The fraction of sp³-hybridized carbons (Fsp3) is 0.333. The second kappa shape index (κ2) is 4.45. The van der Waals surface area contributed by atoms with Crippen molar-refractivity contribution in [1.82, 2.24) is 9.97 Å². The highest BCUT2D eigenvalue weighted by molar-refractivity contribution is 5.28. The number of hydrogen-bond acceptors (Lipinski definition) is 2. The Morgan fingerprint density at radius 3 is 2.73 bits per heavy atom. The molecule has 0 aliphatic carbocycles. The van der Waals surface area contributed by atoms with Crippen LogP contribution in [0.25, 0.3) is 0 Å². The molecule has 1 heterocycles. The van der Waals surface area contributed by atoms with Crippen LogP contribution >= 0.6 is 0 Å². The van der Waals surface area contributed by atoms with E-state index in [0.29, 0.717) is 0 Å². The standard InChI is InChI=1S/C9H10N2/c1-2-3-4-5-9-6-10-8-11-7-9/h6-8H,2-3H2,1H3. The summed E-state index contributed by atoms with van der Waals surface area (Å²) in [5.74, 6) is 5.99. The Bertz CT molecular complexity index is 256. The number of aromatic nitrogens is 2. The first-order chi connectivity index (χ1) is 5.43. The molecule has 0 unspecified atom stereocenters. The molecule has 0 saturated carbocycles. The molecule has 0 N–H and O–H groups in total. The normalized spacial score (nSPS) is 8.45. The average molecular weight is 146 g/mol. The van der Waals surface area contributed by atoms with Crippen molar-refractivity contribution < 1.29 is 0 Å². The van der Waals surface area contributed by atoms with Crippen molar-refractivity contribution in [3.05, 3.63) is 24.3 Å². The third-order valence-corrected chi connectivity index (χ3v) is 1.17. The first kappa shape index (κ1) is 7.74. The predicted molar refractivity (Wildman–Crippen MR) is 43.8 cm³/mol. The van der Waals surface area contributed by atoms with E-state index in [1.165, 1.54) is 6.33 Å². The lowest BCUT2D eigenvalue weighted by atomic mass is 10.3. The van der Waals surface area contributed by atoms with Crippen LogP contribution in [0.4, 0.5) is 0 Å². The van der Waals surface area contributed by atoms with Gasteiger partial charge in [-0.3, -0.25) is 0 Å². The fourth-order valence-corrected chi connectivity index (χ4v) is 0.653. The number of nitrogens with zero attached hydrogens (tertiary/aromatic N) is 2. The van der Waals surface area contributed by atoms with Crippen LogP contribution in [0.2, 0.25) is 0 Å². The van der Waals surface area contributed by atoms with E-state index in [9.17, 15) is 0 Å². The molecule has 56 valence electrons. The van der Waals surface area contributed by atoms with E-state index in [0.717, 1.165) is 18.4 Å². The van der Waals surface area contributed by atoms with Crippen LogP contribution in [0, 0.1) is 11.8 Å². The summed E-state index contributed by atoms with van der Waals surface area (Å²) in [6.07, 6.45) is 6.98. The van der Waals surface area contributed by atoms with Crippen molar-refractivity contribution >= 4 is 0 Å². The number of hydrogen-bond donors (Lipinski definition) is 0. The molecule has 0 spiro atoms. The van der Waals surface area contributed by atoms with Gasteiger partial charge in [0.1, 0.15) is 6.33 Å². The van der Waals surface area contributed by atoms with Gasteiger partial charge in [0.15, 0.2) is 0 Å². The zero-order valence-corrected chi connectivity index (χ0v) is 6.54. The lowest BCUT2D eigenvalue weighted by Gasteiger charge is -1.84. The van der Waals surface area contributed by atoms with Gasteiger partial charge in [-0.25, -0.2) is 9.97 Å². The third-order valence-electron chi connectivity index (χ3n) is 1.17. The van der Waals surface area contributed by atoms with Crippen LogP contribution in [0.1, 0.15) is 25.3 Å². The summed E-state index contributed by atoms with van der Waals surface area (Å²) in [5.41, 5.74) is 0.890. The summed E-state index contributed by atoms with van der Waals surface area (Å²) in [5, 5.41) is 0. The van der Waals surface area contributed by atoms with Crippen molar-refractivity contribution in [1.29, 1.82) is 0 Å². The van der Waals surface area contributed by atoms with Gasteiger partial charge in [-0.05, 0) is 6.42 Å². The molecule has 1 aromatic rings. The maximum Gasteiger partial charge on any atom is 0.115 e. The highest BCUT2D eigenvalue weighted by atomic mass is 14.8. The van der Waals surface area contributed by atoms with Crippen LogP contribution in [-0.4, -0.2) is 9.97 Å². The Morgan fingerprint density at radius 2 is 2.09 bits per heavy atom. The Morgan fingerprint density at radius 1 is 1.36 bits per heavy atom. The second-order valence-corrected chi connectivity index (χ2v) is 2.18. The van der Waals surface area contributed by atoms with E-state index in [1.807, 2.05) is 0 Å². The van der Waals surface area contributed by atoms with Crippen molar-refractivity contribution in [3.63, 3.8) is 0 Å². The quantitative estimate of drug-likeness (QED) is 0.563. The average Bonchev–Trinajstić information content (AvgIpc) is 2.07. The highest BCUT2D eigenvalue weighted by Gasteiger charge is 1.81. The first-order valence-corrected chi connectivity index (χ1v) is 3.67. The third kappa shape index (κ3) is 2.81. The SMILES string of the molecule is CCCC#Cc1cncnc1. The molecule has 0 aliphatic heterocycles. The van der Waals surface area contributed by atoms with Crippen LogP contribution in [0.15, 0.2) is 18.7 Å². The van der Waals surface area contributed by atoms with Gasteiger partial charge in [0.25, 0.3) is 0 Å². The zero-order valence-electron chi connectivity index (χ0n) is 6.54. The van der Waals surface area contributed by atoms with E-state index in [2.05, 4.69) is 28.7 Å². The zero-order chi connectivity index (χ0) is 7.94. The number of rotatable bonds is 1. The van der Waals surface area contributed by atoms with E-state index in [1.54, 1.807) is 12.4 Å². The van der Waals surface area contributed by atoms with Crippen molar-refractivity contribution in [3.8, 4) is 11.8 Å².